The van der Waals surface area contributed by atoms with E-state index in [9.17, 15) is 19.5 Å². The molecule has 5 nitrogen and oxygen atoms in total. The summed E-state index contributed by atoms with van der Waals surface area (Å²) in [7, 11) is 0. The number of hydrogen-bond acceptors (Lipinski definition) is 4. The largest absolute Gasteiger partial charge is 0.480 e. The third kappa shape index (κ3) is 2.28. The van der Waals surface area contributed by atoms with Crippen molar-refractivity contribution in [1.29, 1.82) is 0 Å². The fourth-order valence-electron chi connectivity index (χ4n) is 3.91. The number of imide groups is 1. The van der Waals surface area contributed by atoms with Gasteiger partial charge in [0.2, 0.25) is 0 Å². The van der Waals surface area contributed by atoms with Crippen LogP contribution < -0.4 is 0 Å². The number of benzene rings is 2. The molecule has 0 saturated carbocycles. The molecule has 1 unspecified atom stereocenters. The van der Waals surface area contributed by atoms with E-state index in [1.54, 1.807) is 12.1 Å². The molecule has 2 aliphatic rings. The first-order valence-electron chi connectivity index (χ1n) is 8.21. The summed E-state index contributed by atoms with van der Waals surface area (Å²) in [5, 5.41) is 11.3. The number of aliphatic carboxylic acids is 1. The van der Waals surface area contributed by atoms with E-state index < -0.39 is 23.8 Å². The number of carboxylic acid groups (broad SMARTS) is 1. The maximum absolute atomic E-state index is 13.0. The summed E-state index contributed by atoms with van der Waals surface area (Å²) in [6, 6.07) is 6.21. The van der Waals surface area contributed by atoms with Gasteiger partial charge in [-0.05, 0) is 59.9 Å². The van der Waals surface area contributed by atoms with E-state index in [0.29, 0.717) is 22.3 Å². The minimum Gasteiger partial charge on any atom is -0.480 e. The molecule has 2 amide bonds. The van der Waals surface area contributed by atoms with Crippen LogP contribution in [0.4, 0.5) is 0 Å². The third-order valence-electron chi connectivity index (χ3n) is 5.09. The third-order valence-corrected chi connectivity index (χ3v) is 5.73. The Balaban J connectivity index is 1.89. The Labute approximate surface area is 149 Å². The van der Waals surface area contributed by atoms with Crippen LogP contribution in [0.2, 0.25) is 0 Å². The number of aryl methyl sites for hydroxylation is 2. The zero-order chi connectivity index (χ0) is 17.7. The summed E-state index contributed by atoms with van der Waals surface area (Å²) in [6.07, 6.45) is 3.93. The van der Waals surface area contributed by atoms with Gasteiger partial charge in [0.1, 0.15) is 6.04 Å². The van der Waals surface area contributed by atoms with Crippen LogP contribution in [0.25, 0.3) is 10.8 Å². The average molecular weight is 355 g/mol. The molecule has 1 aliphatic heterocycles. The molecular weight excluding hydrogens is 338 g/mol. The van der Waals surface area contributed by atoms with Crippen LogP contribution in [-0.4, -0.2) is 45.8 Å². The van der Waals surface area contributed by atoms with Crippen molar-refractivity contribution in [1.82, 2.24) is 4.90 Å². The number of thioether (sulfide) groups is 1. The zero-order valence-corrected chi connectivity index (χ0v) is 14.6. The van der Waals surface area contributed by atoms with Crippen molar-refractivity contribution < 1.29 is 19.5 Å². The molecule has 2 aromatic carbocycles. The minimum atomic E-state index is -1.15. The Morgan fingerprint density at radius 1 is 1.08 bits per heavy atom. The van der Waals surface area contributed by atoms with Gasteiger partial charge in [-0.15, -0.1) is 0 Å². The lowest BCUT2D eigenvalue weighted by molar-refractivity contribution is -0.141. The van der Waals surface area contributed by atoms with E-state index in [1.165, 1.54) is 11.8 Å². The van der Waals surface area contributed by atoms with E-state index in [1.807, 2.05) is 18.4 Å². The van der Waals surface area contributed by atoms with Gasteiger partial charge in [0, 0.05) is 16.5 Å². The highest BCUT2D eigenvalue weighted by Gasteiger charge is 2.41. The molecule has 0 saturated heterocycles. The smallest absolute Gasteiger partial charge is 0.326 e. The molecule has 4 rings (SSSR count). The van der Waals surface area contributed by atoms with Crippen molar-refractivity contribution in [2.45, 2.75) is 25.3 Å². The van der Waals surface area contributed by atoms with Gasteiger partial charge >= 0.3 is 5.97 Å². The fourth-order valence-corrected chi connectivity index (χ4v) is 4.37. The molecule has 0 spiro atoms. The van der Waals surface area contributed by atoms with E-state index in [2.05, 4.69) is 0 Å². The van der Waals surface area contributed by atoms with Crippen LogP contribution in [0, 0.1) is 0 Å². The number of rotatable bonds is 5. The molecular formula is C19H17NO4S. The van der Waals surface area contributed by atoms with Gasteiger partial charge in [-0.3, -0.25) is 14.5 Å². The molecule has 0 bridgehead atoms. The van der Waals surface area contributed by atoms with Crippen molar-refractivity contribution in [3.05, 3.63) is 46.5 Å². The highest BCUT2D eigenvalue weighted by atomic mass is 32.2. The van der Waals surface area contributed by atoms with Crippen LogP contribution in [0.3, 0.4) is 0 Å². The van der Waals surface area contributed by atoms with E-state index in [4.69, 9.17) is 0 Å². The summed E-state index contributed by atoms with van der Waals surface area (Å²) < 4.78 is 0. The first kappa shape index (κ1) is 16.1. The highest BCUT2D eigenvalue weighted by molar-refractivity contribution is 7.98. The lowest BCUT2D eigenvalue weighted by Gasteiger charge is -2.31. The zero-order valence-electron chi connectivity index (χ0n) is 13.7. The Morgan fingerprint density at radius 2 is 1.64 bits per heavy atom. The number of amides is 2. The predicted octanol–water partition coefficient (Wildman–Crippen LogP) is 2.74. The van der Waals surface area contributed by atoms with E-state index in [0.717, 1.165) is 34.3 Å². The van der Waals surface area contributed by atoms with Crippen molar-refractivity contribution in [2.24, 2.45) is 0 Å². The molecule has 1 N–H and O–H groups in total. The molecule has 25 heavy (non-hydrogen) atoms. The summed E-state index contributed by atoms with van der Waals surface area (Å²) in [4.78, 5) is 38.7. The van der Waals surface area contributed by atoms with Gasteiger partial charge in [-0.2, -0.15) is 11.8 Å². The normalized spacial score (nSPS) is 16.6. The maximum atomic E-state index is 13.0. The van der Waals surface area contributed by atoms with Gasteiger partial charge < -0.3 is 5.11 Å². The molecule has 128 valence electrons. The van der Waals surface area contributed by atoms with Gasteiger partial charge in [0.25, 0.3) is 11.8 Å². The molecule has 2 aromatic rings. The first-order chi connectivity index (χ1) is 12.0. The quantitative estimate of drug-likeness (QED) is 0.835. The Kier molecular flexibility index (Phi) is 3.80. The summed E-state index contributed by atoms with van der Waals surface area (Å²) in [5.41, 5.74) is 3.18. The molecule has 0 aromatic heterocycles. The van der Waals surface area contributed by atoms with Gasteiger partial charge in [0.05, 0.1) is 0 Å². The fraction of sp³-hybridized carbons (Fsp3) is 0.316. The predicted molar refractivity (Wildman–Crippen MR) is 96.3 cm³/mol. The summed E-state index contributed by atoms with van der Waals surface area (Å²) >= 11 is 1.49. The second-order valence-electron chi connectivity index (χ2n) is 6.41. The second kappa shape index (κ2) is 5.88. The van der Waals surface area contributed by atoms with Gasteiger partial charge in [-0.1, -0.05) is 12.1 Å². The van der Waals surface area contributed by atoms with Crippen molar-refractivity contribution in [2.75, 3.05) is 12.0 Å². The summed E-state index contributed by atoms with van der Waals surface area (Å²) in [5.74, 6) is -1.58. The van der Waals surface area contributed by atoms with E-state index in [-0.39, 0.29) is 6.42 Å². The molecule has 0 radical (unpaired) electrons. The highest BCUT2D eigenvalue weighted by Crippen LogP contribution is 2.39. The molecule has 1 heterocycles. The Morgan fingerprint density at radius 3 is 2.12 bits per heavy atom. The second-order valence-corrected chi connectivity index (χ2v) is 7.40. The molecule has 0 fully saturated rings. The number of carboxylic acids is 1. The van der Waals surface area contributed by atoms with Crippen LogP contribution >= 0.6 is 11.8 Å². The van der Waals surface area contributed by atoms with Crippen LogP contribution in [0.15, 0.2) is 24.3 Å². The Hall–Kier alpha value is -2.34. The van der Waals surface area contributed by atoms with Crippen LogP contribution in [-0.2, 0) is 17.6 Å². The van der Waals surface area contributed by atoms with Gasteiger partial charge in [-0.25, -0.2) is 4.79 Å². The lowest BCUT2D eigenvalue weighted by atomic mass is 9.90. The molecule has 1 aliphatic carbocycles. The average Bonchev–Trinajstić information content (AvgIpc) is 3.02. The van der Waals surface area contributed by atoms with E-state index >= 15 is 0 Å². The van der Waals surface area contributed by atoms with Crippen molar-refractivity contribution >= 4 is 40.3 Å². The van der Waals surface area contributed by atoms with Crippen molar-refractivity contribution in [3.8, 4) is 0 Å². The summed E-state index contributed by atoms with van der Waals surface area (Å²) in [6.45, 7) is 0. The standard InChI is InChI=1S/C19H17NO4S/c1-25-9-8-14(19(23)24)20-17(21)12-6-4-10-2-3-11-5-7-13(18(20)22)16(12)15(10)11/h4-7,14H,2-3,8-9H2,1H3,(H,23,24). The monoisotopic (exact) mass is 355 g/mol. The lowest BCUT2D eigenvalue weighted by Crippen LogP contribution is -2.50. The Bertz CT molecular complexity index is 878. The minimum absolute atomic E-state index is 0.239. The molecule has 6 heteroatoms. The maximum Gasteiger partial charge on any atom is 0.326 e. The topological polar surface area (TPSA) is 74.7 Å². The number of hydrogen-bond donors (Lipinski definition) is 1. The molecule has 1 atom stereocenters. The SMILES string of the molecule is CSCCC(C(=O)O)N1C(=O)c2ccc3c4c(ccc(c24)C1=O)CC3. The number of carbonyl (C=O) groups is 3. The van der Waals surface area contributed by atoms with Crippen LogP contribution in [0.5, 0.6) is 0 Å². The van der Waals surface area contributed by atoms with Gasteiger partial charge in [0.15, 0.2) is 0 Å². The number of nitrogens with zero attached hydrogens (tertiary/aromatic N) is 1. The number of carbonyl (C=O) groups excluding carboxylic acids is 2. The van der Waals surface area contributed by atoms with Crippen LogP contribution in [0.1, 0.15) is 38.3 Å². The first-order valence-corrected chi connectivity index (χ1v) is 9.61. The van der Waals surface area contributed by atoms with Crippen molar-refractivity contribution in [3.63, 3.8) is 0 Å².